The number of rotatable bonds is 17. The number of aliphatic hydroxyl groups is 6. The van der Waals surface area contributed by atoms with Crippen molar-refractivity contribution in [2.24, 2.45) is 5.73 Å². The van der Waals surface area contributed by atoms with Crippen molar-refractivity contribution in [2.75, 3.05) is 20.3 Å². The largest absolute Gasteiger partial charge is 0.497 e. The Morgan fingerprint density at radius 2 is 1.44 bits per heavy atom. The van der Waals surface area contributed by atoms with Crippen LogP contribution in [0.1, 0.15) is 29.5 Å². The molecular weight excluding hydrogens is 768 g/mol. The van der Waals surface area contributed by atoms with E-state index in [0.717, 1.165) is 27.6 Å². The Bertz CT molecular complexity index is 1970. The molecule has 6 rings (SSSR count). The summed E-state index contributed by atoms with van der Waals surface area (Å²) in [7, 11) is 1.59. The highest BCUT2D eigenvalue weighted by atomic mass is 16.7. The first-order valence-electron chi connectivity index (χ1n) is 19.3. The van der Waals surface area contributed by atoms with Crippen LogP contribution >= 0.6 is 0 Å². The van der Waals surface area contributed by atoms with Crippen molar-refractivity contribution in [1.82, 2.24) is 5.32 Å². The van der Waals surface area contributed by atoms with Gasteiger partial charge in [-0.3, -0.25) is 4.79 Å². The van der Waals surface area contributed by atoms with Crippen LogP contribution < -0.4 is 20.5 Å². The second-order valence-corrected chi connectivity index (χ2v) is 14.8. The zero-order valence-corrected chi connectivity index (χ0v) is 32.6. The zero-order chi connectivity index (χ0) is 42.2. The molecule has 13 atom stereocenters. The minimum absolute atomic E-state index is 0.137. The summed E-state index contributed by atoms with van der Waals surface area (Å²) in [5.41, 5.74) is 8.60. The van der Waals surface area contributed by atoms with E-state index < -0.39 is 86.0 Å². The minimum Gasteiger partial charge on any atom is -0.497 e. The number of ether oxygens (including phenoxy) is 6. The molecule has 2 fully saturated rings. The van der Waals surface area contributed by atoms with Gasteiger partial charge >= 0.3 is 0 Å². The third kappa shape index (κ3) is 10.6. The fourth-order valence-electron chi connectivity index (χ4n) is 7.12. The molecule has 0 aromatic heterocycles. The fourth-order valence-corrected chi connectivity index (χ4v) is 7.12. The second-order valence-electron chi connectivity index (χ2n) is 14.8. The van der Waals surface area contributed by atoms with Gasteiger partial charge in [-0.25, -0.2) is 0 Å². The molecule has 2 heterocycles. The molecule has 16 heteroatoms. The molecule has 2 aliphatic heterocycles. The molecule has 4 aromatic carbocycles. The highest BCUT2D eigenvalue weighted by molar-refractivity contribution is 5.85. The van der Waals surface area contributed by atoms with Gasteiger partial charge in [-0.05, 0) is 64.2 Å². The predicted molar refractivity (Wildman–Crippen MR) is 211 cm³/mol. The summed E-state index contributed by atoms with van der Waals surface area (Å²) in [6.07, 6.45) is -14.8. The molecule has 16 nitrogen and oxygen atoms in total. The Kier molecular flexibility index (Phi) is 15.0. The molecule has 0 saturated carbocycles. The number of nitrogens with one attached hydrogen (secondary N) is 1. The summed E-state index contributed by atoms with van der Waals surface area (Å²) in [4.78, 5) is 24.8. The summed E-state index contributed by atoms with van der Waals surface area (Å²) < 4.78 is 34.3. The summed E-state index contributed by atoms with van der Waals surface area (Å²) in [6, 6.07) is 25.4. The number of aliphatic hydroxyl groups excluding tert-OH is 6. The second kappa shape index (κ2) is 20.1. The molecule has 0 bridgehead atoms. The number of nitrogens with two attached hydrogens (primary N) is 1. The maximum absolute atomic E-state index is 12.9. The summed E-state index contributed by atoms with van der Waals surface area (Å²) in [5.74, 6) is 0.187. The Hall–Kier alpha value is -4.56. The van der Waals surface area contributed by atoms with Crippen molar-refractivity contribution < 1.29 is 68.6 Å². The van der Waals surface area contributed by atoms with Gasteiger partial charge < -0.3 is 74.9 Å². The van der Waals surface area contributed by atoms with E-state index in [0.29, 0.717) is 11.8 Å². The van der Waals surface area contributed by atoms with Crippen LogP contribution in [0.15, 0.2) is 91.0 Å². The third-order valence-electron chi connectivity index (χ3n) is 10.7. The number of hydrogen-bond acceptors (Lipinski definition) is 15. The van der Waals surface area contributed by atoms with Gasteiger partial charge in [-0.1, -0.05) is 67.6 Å². The monoisotopic (exact) mass is 820 g/mol. The molecule has 9 N–H and O–H groups in total. The van der Waals surface area contributed by atoms with Crippen molar-refractivity contribution in [1.29, 1.82) is 0 Å². The lowest BCUT2D eigenvalue weighted by Crippen LogP contribution is -2.65. The average molecular weight is 821 g/mol. The number of benzene rings is 4. The Balaban J connectivity index is 1.01. The topological polar surface area (TPSA) is 249 Å². The van der Waals surface area contributed by atoms with Gasteiger partial charge in [0.05, 0.1) is 39.0 Å². The number of hydrogen-bond donors (Lipinski definition) is 8. The minimum atomic E-state index is -1.78. The molecule has 2 aliphatic rings. The summed E-state index contributed by atoms with van der Waals surface area (Å²) >= 11 is 0. The molecule has 0 aliphatic carbocycles. The molecule has 1 amide bonds. The SMILES string of the molecule is COc1ccc2cc(COCC3OC(OC4C(CO)OC(Oc5ccc(C[C@@H](C=O)NC(=O)[C@@H](N)C(C)c6ccccc6)cc5)C(O)C4O)C(O)C(O)C3O)ccc2c1. The summed E-state index contributed by atoms with van der Waals surface area (Å²) in [6.45, 7) is 1.06. The number of aldehydes is 1. The van der Waals surface area contributed by atoms with Crippen LogP contribution in [0, 0.1) is 0 Å². The molecule has 0 spiro atoms. The standard InChI is InChI=1S/C43H52N2O14/c1-23(26-6-4-3-5-7-26)34(44)41(53)45-29(19-46)17-24-9-13-30(14-10-24)56-42-39(52)37(50)40(32(20-47)57-42)59-43-38(51)36(49)35(48)33(58-43)22-55-21-25-8-11-28-18-31(54-2)15-12-27(28)16-25/h3-16,18-19,23,29,32-40,42-43,47-52H,17,20-22,44H2,1-2H3,(H,45,53)/t23?,29-,32?,33?,34-,35?,36?,37?,38?,39?,40?,42?,43?/m0/s1. The molecule has 0 radical (unpaired) electrons. The smallest absolute Gasteiger partial charge is 0.238 e. The Morgan fingerprint density at radius 1 is 0.797 bits per heavy atom. The van der Waals surface area contributed by atoms with Crippen molar-refractivity contribution in [3.05, 3.63) is 108 Å². The molecule has 318 valence electrons. The Labute approximate surface area is 341 Å². The van der Waals surface area contributed by atoms with E-state index in [1.165, 1.54) is 0 Å². The van der Waals surface area contributed by atoms with E-state index in [1.54, 1.807) is 31.4 Å². The quantitative estimate of drug-likeness (QED) is 0.0674. The normalized spacial score (nSPS) is 28.6. The molecule has 59 heavy (non-hydrogen) atoms. The van der Waals surface area contributed by atoms with Gasteiger partial charge in [-0.15, -0.1) is 0 Å². The highest BCUT2D eigenvalue weighted by Crippen LogP contribution is 2.31. The van der Waals surface area contributed by atoms with Gasteiger partial charge in [0, 0.05) is 5.92 Å². The maximum atomic E-state index is 12.9. The number of carbonyl (C=O) groups is 2. The number of fused-ring (bicyclic) bond motifs is 1. The number of methoxy groups -OCH3 is 1. The average Bonchev–Trinajstić information content (AvgIpc) is 3.26. The van der Waals surface area contributed by atoms with E-state index in [1.807, 2.05) is 73.7 Å². The van der Waals surface area contributed by atoms with Crippen molar-refractivity contribution in [2.45, 2.75) is 99.4 Å². The molecule has 2 saturated heterocycles. The highest BCUT2D eigenvalue weighted by Gasteiger charge is 2.51. The first-order chi connectivity index (χ1) is 28.4. The number of carbonyl (C=O) groups excluding carboxylic acids is 2. The number of amides is 1. The first kappa shape index (κ1) is 44.0. The predicted octanol–water partition coefficient (Wildman–Crippen LogP) is 0.433. The van der Waals surface area contributed by atoms with Crippen LogP contribution in [-0.4, -0.2) is 137 Å². The maximum Gasteiger partial charge on any atom is 0.238 e. The molecule has 4 aromatic rings. The van der Waals surface area contributed by atoms with Gasteiger partial charge in [0.15, 0.2) is 6.29 Å². The molecular formula is C43H52N2O14. The van der Waals surface area contributed by atoms with Gasteiger partial charge in [-0.2, -0.15) is 0 Å². The van der Waals surface area contributed by atoms with Gasteiger partial charge in [0.25, 0.3) is 0 Å². The van der Waals surface area contributed by atoms with E-state index in [-0.39, 0.29) is 31.3 Å². The van der Waals surface area contributed by atoms with Crippen molar-refractivity contribution in [3.8, 4) is 11.5 Å². The van der Waals surface area contributed by atoms with E-state index in [2.05, 4.69) is 5.32 Å². The van der Waals surface area contributed by atoms with Gasteiger partial charge in [0.2, 0.25) is 12.2 Å². The van der Waals surface area contributed by atoms with E-state index >= 15 is 0 Å². The van der Waals surface area contributed by atoms with Crippen molar-refractivity contribution >= 4 is 23.0 Å². The van der Waals surface area contributed by atoms with Crippen LogP contribution in [-0.2, 0) is 41.6 Å². The van der Waals surface area contributed by atoms with E-state index in [4.69, 9.17) is 34.2 Å². The molecule has 11 unspecified atom stereocenters. The van der Waals surface area contributed by atoms with Crippen LogP contribution in [0.4, 0.5) is 0 Å². The van der Waals surface area contributed by atoms with Gasteiger partial charge in [0.1, 0.15) is 66.6 Å². The lowest BCUT2D eigenvalue weighted by atomic mass is 9.93. The van der Waals surface area contributed by atoms with Crippen molar-refractivity contribution in [3.63, 3.8) is 0 Å². The lowest BCUT2D eigenvalue weighted by Gasteiger charge is -2.46. The third-order valence-corrected chi connectivity index (χ3v) is 10.7. The zero-order valence-electron chi connectivity index (χ0n) is 32.6. The van der Waals surface area contributed by atoms with Crippen LogP contribution in [0.25, 0.3) is 10.8 Å². The lowest BCUT2D eigenvalue weighted by molar-refractivity contribution is -0.353. The van der Waals surface area contributed by atoms with Crippen LogP contribution in [0.2, 0.25) is 0 Å². The Morgan fingerprint density at radius 3 is 2.14 bits per heavy atom. The van der Waals surface area contributed by atoms with E-state index in [9.17, 15) is 40.2 Å². The van der Waals surface area contributed by atoms with Crippen LogP contribution in [0.3, 0.4) is 0 Å². The first-order valence-corrected chi connectivity index (χ1v) is 19.3. The van der Waals surface area contributed by atoms with Crippen LogP contribution in [0.5, 0.6) is 11.5 Å². The summed E-state index contributed by atoms with van der Waals surface area (Å²) in [5, 5.41) is 69.1. The fraction of sp³-hybridized carbons (Fsp3) is 0.442.